The normalized spacial score (nSPS) is 15.5. The van der Waals surface area contributed by atoms with Gasteiger partial charge in [-0.1, -0.05) is 42.5 Å². The Hall–Kier alpha value is -3.71. The van der Waals surface area contributed by atoms with Crippen molar-refractivity contribution in [3.63, 3.8) is 0 Å². The van der Waals surface area contributed by atoms with Gasteiger partial charge >= 0.3 is 0 Å². The first-order valence-corrected chi connectivity index (χ1v) is 11.8. The molecule has 32 heavy (non-hydrogen) atoms. The summed E-state index contributed by atoms with van der Waals surface area (Å²) in [4.78, 5) is 17.4. The lowest BCUT2D eigenvalue weighted by molar-refractivity contribution is 0.102. The molecule has 1 amide bonds. The molecular weight excluding hydrogens is 422 g/mol. The van der Waals surface area contributed by atoms with E-state index in [-0.39, 0.29) is 16.5 Å². The summed E-state index contributed by atoms with van der Waals surface area (Å²) in [6, 6.07) is 22.8. The van der Waals surface area contributed by atoms with Gasteiger partial charge in [-0.2, -0.15) is 0 Å². The first-order chi connectivity index (χ1) is 15.4. The summed E-state index contributed by atoms with van der Waals surface area (Å²) in [6.07, 6.45) is 2.32. The number of carbonyl (C=O) groups excluding carboxylic acids is 1. The predicted molar refractivity (Wildman–Crippen MR) is 125 cm³/mol. The zero-order valence-corrected chi connectivity index (χ0v) is 18.2. The number of amides is 1. The molecule has 1 atom stereocenters. The molecule has 1 aromatic heterocycles. The number of nitrogens with zero attached hydrogens (tertiary/aromatic N) is 2. The van der Waals surface area contributed by atoms with Gasteiger partial charge in [0.25, 0.3) is 15.9 Å². The number of pyridine rings is 1. The van der Waals surface area contributed by atoms with E-state index in [0.717, 1.165) is 10.9 Å². The number of fused-ring (bicyclic) bond motifs is 2. The topological polar surface area (TPSA) is 79.4 Å². The summed E-state index contributed by atoms with van der Waals surface area (Å²) < 4.78 is 28.5. The molecule has 0 radical (unpaired) electrons. The fourth-order valence-corrected chi connectivity index (χ4v) is 5.95. The first kappa shape index (κ1) is 20.2. The largest absolute Gasteiger partial charge is 0.320 e. The quantitative estimate of drug-likeness (QED) is 0.499. The van der Waals surface area contributed by atoms with Crippen molar-refractivity contribution in [2.75, 3.05) is 9.62 Å². The monoisotopic (exact) mass is 443 g/mol. The lowest BCUT2D eigenvalue weighted by atomic mass is 10.1. The highest BCUT2D eigenvalue weighted by Crippen LogP contribution is 2.36. The van der Waals surface area contributed by atoms with E-state index in [1.54, 1.807) is 24.4 Å². The maximum absolute atomic E-state index is 13.5. The van der Waals surface area contributed by atoms with Gasteiger partial charge in [0.05, 0.1) is 21.8 Å². The van der Waals surface area contributed by atoms with Crippen LogP contribution < -0.4 is 9.62 Å². The Morgan fingerprint density at radius 2 is 1.78 bits per heavy atom. The van der Waals surface area contributed by atoms with Crippen LogP contribution in [-0.4, -0.2) is 25.4 Å². The average Bonchev–Trinajstić information content (AvgIpc) is 3.16. The van der Waals surface area contributed by atoms with Gasteiger partial charge in [0, 0.05) is 23.2 Å². The van der Waals surface area contributed by atoms with Crippen LogP contribution in [0, 0.1) is 0 Å². The SMILES string of the molecule is C[C@H]1Cc2ccccc2N1S(=O)(=O)c1cccc(C(=O)Nc2cccc3cccnc23)c1. The third-order valence-electron chi connectivity index (χ3n) is 5.68. The molecule has 0 saturated heterocycles. The van der Waals surface area contributed by atoms with E-state index >= 15 is 0 Å². The van der Waals surface area contributed by atoms with Crippen molar-refractivity contribution >= 4 is 38.2 Å². The number of nitrogens with one attached hydrogen (secondary N) is 1. The summed E-state index contributed by atoms with van der Waals surface area (Å²) in [5.74, 6) is -0.393. The number of benzene rings is 3. The molecule has 0 bridgehead atoms. The Morgan fingerprint density at radius 3 is 2.66 bits per heavy atom. The van der Waals surface area contributed by atoms with Crippen molar-refractivity contribution in [1.82, 2.24) is 4.98 Å². The molecule has 6 nitrogen and oxygen atoms in total. The number of hydrogen-bond acceptors (Lipinski definition) is 4. The molecule has 1 aliphatic rings. The van der Waals surface area contributed by atoms with Crippen LogP contribution >= 0.6 is 0 Å². The van der Waals surface area contributed by atoms with E-state index in [9.17, 15) is 13.2 Å². The molecule has 5 rings (SSSR count). The summed E-state index contributed by atoms with van der Waals surface area (Å²) in [5, 5.41) is 3.77. The lowest BCUT2D eigenvalue weighted by Crippen LogP contribution is -2.35. The molecule has 160 valence electrons. The Kier molecular flexibility index (Phi) is 4.90. The number of anilines is 2. The molecule has 1 aliphatic heterocycles. The van der Waals surface area contributed by atoms with Gasteiger partial charge < -0.3 is 5.32 Å². The van der Waals surface area contributed by atoms with E-state index < -0.39 is 15.9 Å². The van der Waals surface area contributed by atoms with Gasteiger partial charge in [-0.05, 0) is 55.3 Å². The highest BCUT2D eigenvalue weighted by atomic mass is 32.2. The fraction of sp³-hybridized carbons (Fsp3) is 0.120. The number of carbonyl (C=O) groups is 1. The van der Waals surface area contributed by atoms with Gasteiger partial charge in [-0.25, -0.2) is 8.42 Å². The van der Waals surface area contributed by atoms with E-state index in [2.05, 4.69) is 10.3 Å². The van der Waals surface area contributed by atoms with Crippen molar-refractivity contribution < 1.29 is 13.2 Å². The molecule has 0 spiro atoms. The standard InChI is InChI=1S/C25H21N3O3S/c1-17-15-19-7-2-3-13-23(19)28(17)32(30,31)21-11-4-9-20(16-21)25(29)27-22-12-5-8-18-10-6-14-26-24(18)22/h2-14,16-17H,15H2,1H3,(H,27,29)/t17-/m0/s1. The first-order valence-electron chi connectivity index (χ1n) is 10.3. The second-order valence-corrected chi connectivity index (χ2v) is 9.66. The Morgan fingerprint density at radius 1 is 1.00 bits per heavy atom. The summed E-state index contributed by atoms with van der Waals surface area (Å²) in [6.45, 7) is 1.89. The highest BCUT2D eigenvalue weighted by molar-refractivity contribution is 7.92. The van der Waals surface area contributed by atoms with E-state index in [0.29, 0.717) is 23.3 Å². The average molecular weight is 444 g/mol. The minimum absolute atomic E-state index is 0.0877. The number of sulfonamides is 1. The van der Waals surface area contributed by atoms with Gasteiger partial charge in [0.15, 0.2) is 0 Å². The molecular formula is C25H21N3O3S. The van der Waals surface area contributed by atoms with E-state index in [1.807, 2.05) is 55.5 Å². The van der Waals surface area contributed by atoms with Crippen molar-refractivity contribution in [3.8, 4) is 0 Å². The maximum atomic E-state index is 13.5. The smallest absolute Gasteiger partial charge is 0.264 e. The molecule has 3 aromatic carbocycles. The third-order valence-corrected chi connectivity index (χ3v) is 7.60. The van der Waals surface area contributed by atoms with Crippen LogP contribution in [0.5, 0.6) is 0 Å². The summed E-state index contributed by atoms with van der Waals surface area (Å²) in [5.41, 5.74) is 3.20. The Labute approximate surface area is 186 Å². The van der Waals surface area contributed by atoms with Crippen LogP contribution in [0.3, 0.4) is 0 Å². The molecule has 4 aromatic rings. The van der Waals surface area contributed by atoms with Crippen molar-refractivity contribution in [2.24, 2.45) is 0 Å². The van der Waals surface area contributed by atoms with Gasteiger partial charge in [0.1, 0.15) is 0 Å². The van der Waals surface area contributed by atoms with Crippen LogP contribution in [0.2, 0.25) is 0 Å². The van der Waals surface area contributed by atoms with Crippen molar-refractivity contribution in [1.29, 1.82) is 0 Å². The number of aromatic nitrogens is 1. The van der Waals surface area contributed by atoms with Crippen molar-refractivity contribution in [2.45, 2.75) is 24.3 Å². The highest BCUT2D eigenvalue weighted by Gasteiger charge is 2.36. The van der Waals surface area contributed by atoms with Crippen LogP contribution in [-0.2, 0) is 16.4 Å². The number of hydrogen-bond donors (Lipinski definition) is 1. The van der Waals surface area contributed by atoms with Crippen molar-refractivity contribution in [3.05, 3.63) is 96.2 Å². The fourth-order valence-electron chi connectivity index (χ4n) is 4.21. The Bertz CT molecular complexity index is 1440. The molecule has 0 unspecified atom stereocenters. The van der Waals surface area contributed by atoms with Crippen LogP contribution in [0.1, 0.15) is 22.8 Å². The third kappa shape index (κ3) is 3.40. The van der Waals surface area contributed by atoms with E-state index in [4.69, 9.17) is 0 Å². The zero-order chi connectivity index (χ0) is 22.3. The minimum Gasteiger partial charge on any atom is -0.320 e. The lowest BCUT2D eigenvalue weighted by Gasteiger charge is -2.24. The van der Waals surface area contributed by atoms with Gasteiger partial charge in [0.2, 0.25) is 0 Å². The molecule has 1 N–H and O–H groups in total. The number of para-hydroxylation sites is 2. The number of rotatable bonds is 4. The minimum atomic E-state index is -3.82. The maximum Gasteiger partial charge on any atom is 0.264 e. The second kappa shape index (κ2) is 7.76. The summed E-state index contributed by atoms with van der Waals surface area (Å²) in [7, 11) is -3.82. The molecule has 0 fully saturated rings. The molecule has 7 heteroatoms. The second-order valence-electron chi connectivity index (χ2n) is 7.85. The molecule has 0 aliphatic carbocycles. The zero-order valence-electron chi connectivity index (χ0n) is 17.4. The molecule has 2 heterocycles. The predicted octanol–water partition coefficient (Wildman–Crippen LogP) is 4.63. The van der Waals surface area contributed by atoms with Gasteiger partial charge in [-0.15, -0.1) is 0 Å². The summed E-state index contributed by atoms with van der Waals surface area (Å²) >= 11 is 0. The van der Waals surface area contributed by atoms with Crippen LogP contribution in [0.4, 0.5) is 11.4 Å². The van der Waals surface area contributed by atoms with Crippen LogP contribution in [0.25, 0.3) is 10.9 Å². The Balaban J connectivity index is 1.48. The van der Waals surface area contributed by atoms with Crippen LogP contribution in [0.15, 0.2) is 90.0 Å². The molecule has 0 saturated carbocycles. The van der Waals surface area contributed by atoms with Gasteiger partial charge in [-0.3, -0.25) is 14.1 Å². The van der Waals surface area contributed by atoms with E-state index in [1.165, 1.54) is 16.4 Å².